The number of fused-ring (bicyclic) bond motifs is 1. The zero-order valence-corrected chi connectivity index (χ0v) is 14.0. The van der Waals surface area contributed by atoms with E-state index < -0.39 is 0 Å². The van der Waals surface area contributed by atoms with Crippen LogP contribution in [0.4, 0.5) is 5.69 Å². The quantitative estimate of drug-likeness (QED) is 0.609. The molecular weight excluding hydrogens is 371 g/mol. The van der Waals surface area contributed by atoms with Crippen molar-refractivity contribution in [2.45, 2.75) is 6.54 Å². The molecule has 0 saturated carbocycles. The van der Waals surface area contributed by atoms with Crippen LogP contribution in [0.2, 0.25) is 10.0 Å². The molecule has 5 heteroatoms. The number of nitrogens with one attached hydrogen (secondary N) is 1. The smallest absolute Gasteiger partial charge is 0.0908 e. The van der Waals surface area contributed by atoms with E-state index >= 15 is 0 Å². The van der Waals surface area contributed by atoms with Crippen molar-refractivity contribution in [2.75, 3.05) is 5.32 Å². The minimum atomic E-state index is 0.655. The van der Waals surface area contributed by atoms with Crippen molar-refractivity contribution in [3.8, 4) is 0 Å². The molecule has 2 aromatic carbocycles. The van der Waals surface area contributed by atoms with Gasteiger partial charge in [-0.25, -0.2) is 0 Å². The van der Waals surface area contributed by atoms with Crippen LogP contribution in [-0.2, 0) is 6.54 Å². The third kappa shape index (κ3) is 3.15. The predicted octanol–water partition coefficient (Wildman–Crippen LogP) is 5.92. The van der Waals surface area contributed by atoms with Crippen LogP contribution in [0.15, 0.2) is 53.1 Å². The molecule has 0 saturated heterocycles. The molecule has 2 nitrogen and oxygen atoms in total. The molecule has 0 aliphatic rings. The molecule has 0 unspecified atom stereocenters. The summed E-state index contributed by atoms with van der Waals surface area (Å²) < 4.78 is 0.897. The molecule has 3 aromatic rings. The summed E-state index contributed by atoms with van der Waals surface area (Å²) >= 11 is 15.7. The molecule has 3 rings (SSSR count). The van der Waals surface area contributed by atoms with Crippen LogP contribution in [0, 0.1) is 0 Å². The van der Waals surface area contributed by atoms with Crippen LogP contribution in [-0.4, -0.2) is 4.98 Å². The van der Waals surface area contributed by atoms with Crippen molar-refractivity contribution in [1.82, 2.24) is 4.98 Å². The molecule has 1 aromatic heterocycles. The minimum absolute atomic E-state index is 0.655. The lowest BCUT2D eigenvalue weighted by Crippen LogP contribution is -2.00. The van der Waals surface area contributed by atoms with Gasteiger partial charge in [-0.1, -0.05) is 29.3 Å². The number of halogens is 3. The predicted molar refractivity (Wildman–Crippen MR) is 93.2 cm³/mol. The van der Waals surface area contributed by atoms with Gasteiger partial charge >= 0.3 is 0 Å². The average Bonchev–Trinajstić information content (AvgIpc) is 2.50. The molecule has 0 amide bonds. The van der Waals surface area contributed by atoms with Gasteiger partial charge in [0.05, 0.1) is 15.6 Å². The Morgan fingerprint density at radius 2 is 1.90 bits per heavy atom. The summed E-state index contributed by atoms with van der Waals surface area (Å²) in [6.45, 7) is 0.679. The number of anilines is 1. The highest BCUT2D eigenvalue weighted by Gasteiger charge is 2.06. The Morgan fingerprint density at radius 3 is 2.71 bits per heavy atom. The third-order valence-corrected chi connectivity index (χ3v) is 4.72. The number of hydrogen-bond donors (Lipinski definition) is 1. The Balaban J connectivity index is 1.88. The molecule has 21 heavy (non-hydrogen) atoms. The second-order valence-electron chi connectivity index (χ2n) is 4.60. The Morgan fingerprint density at radius 1 is 1.05 bits per heavy atom. The van der Waals surface area contributed by atoms with Crippen LogP contribution >= 0.6 is 39.1 Å². The number of rotatable bonds is 3. The highest BCUT2D eigenvalue weighted by Crippen LogP contribution is 2.29. The zero-order chi connectivity index (χ0) is 14.8. The van der Waals surface area contributed by atoms with Gasteiger partial charge in [0, 0.05) is 28.3 Å². The summed E-state index contributed by atoms with van der Waals surface area (Å²) in [6.07, 6.45) is 1.74. The van der Waals surface area contributed by atoms with Crippen LogP contribution in [0.3, 0.4) is 0 Å². The summed E-state index contributed by atoms with van der Waals surface area (Å²) in [5.74, 6) is 0. The maximum absolute atomic E-state index is 6.17. The molecule has 0 aliphatic heterocycles. The normalized spacial score (nSPS) is 10.8. The third-order valence-electron chi connectivity index (χ3n) is 3.19. The Labute approximate surface area is 141 Å². The van der Waals surface area contributed by atoms with Crippen LogP contribution in [0.1, 0.15) is 5.56 Å². The fraction of sp³-hybridized carbons (Fsp3) is 0.0625. The topological polar surface area (TPSA) is 24.9 Å². The highest BCUT2D eigenvalue weighted by molar-refractivity contribution is 9.10. The van der Waals surface area contributed by atoms with E-state index in [9.17, 15) is 0 Å². The molecule has 0 fully saturated rings. The molecule has 1 N–H and O–H groups in total. The minimum Gasteiger partial charge on any atom is -0.380 e. The van der Waals surface area contributed by atoms with Gasteiger partial charge in [0.2, 0.25) is 0 Å². The molecule has 0 bridgehead atoms. The highest BCUT2D eigenvalue weighted by atomic mass is 79.9. The standard InChI is InChI=1S/C16H11BrCl2N2/c17-12-4-3-10(8-14(12)19)9-21-15-6-5-13(18)16-11(15)2-1-7-20-16/h1-8,21H,9H2. The molecular formula is C16H11BrCl2N2. The second kappa shape index (κ2) is 6.22. The van der Waals surface area contributed by atoms with Gasteiger partial charge in [0.15, 0.2) is 0 Å². The number of hydrogen-bond acceptors (Lipinski definition) is 2. The Bertz CT molecular complexity index is 805. The lowest BCUT2D eigenvalue weighted by molar-refractivity contribution is 1.15. The van der Waals surface area contributed by atoms with Gasteiger partial charge in [-0.2, -0.15) is 0 Å². The van der Waals surface area contributed by atoms with Gasteiger partial charge in [-0.15, -0.1) is 0 Å². The van der Waals surface area contributed by atoms with Crippen molar-refractivity contribution in [3.05, 3.63) is 68.7 Å². The van der Waals surface area contributed by atoms with E-state index in [1.807, 2.05) is 42.5 Å². The van der Waals surface area contributed by atoms with E-state index in [2.05, 4.69) is 26.2 Å². The second-order valence-corrected chi connectivity index (χ2v) is 6.27. The summed E-state index contributed by atoms with van der Waals surface area (Å²) in [6, 6.07) is 13.6. The van der Waals surface area contributed by atoms with E-state index in [1.165, 1.54) is 0 Å². The molecule has 106 valence electrons. The van der Waals surface area contributed by atoms with Gasteiger partial charge < -0.3 is 5.32 Å². The molecule has 1 heterocycles. The fourth-order valence-corrected chi connectivity index (χ4v) is 2.80. The van der Waals surface area contributed by atoms with E-state index in [1.54, 1.807) is 6.20 Å². The molecule has 0 aliphatic carbocycles. The zero-order valence-electron chi connectivity index (χ0n) is 10.9. The van der Waals surface area contributed by atoms with Crippen molar-refractivity contribution in [2.24, 2.45) is 0 Å². The first-order chi connectivity index (χ1) is 10.1. The van der Waals surface area contributed by atoms with Crippen LogP contribution < -0.4 is 5.32 Å². The van der Waals surface area contributed by atoms with Crippen molar-refractivity contribution in [3.63, 3.8) is 0 Å². The first kappa shape index (κ1) is 14.6. The van der Waals surface area contributed by atoms with Crippen molar-refractivity contribution >= 4 is 55.7 Å². The fourth-order valence-electron chi connectivity index (χ4n) is 2.14. The summed E-state index contributed by atoms with van der Waals surface area (Å²) in [4.78, 5) is 4.32. The number of aromatic nitrogens is 1. The SMILES string of the molecule is Clc1cc(CNc2ccc(Cl)c3ncccc23)ccc1Br. The molecule has 0 spiro atoms. The van der Waals surface area contributed by atoms with Gasteiger partial charge in [0.25, 0.3) is 0 Å². The van der Waals surface area contributed by atoms with Crippen LogP contribution in [0.5, 0.6) is 0 Å². The van der Waals surface area contributed by atoms with Gasteiger partial charge in [-0.3, -0.25) is 4.98 Å². The number of benzene rings is 2. The van der Waals surface area contributed by atoms with E-state index in [0.29, 0.717) is 16.6 Å². The van der Waals surface area contributed by atoms with Crippen LogP contribution in [0.25, 0.3) is 10.9 Å². The van der Waals surface area contributed by atoms with Crippen molar-refractivity contribution < 1.29 is 0 Å². The lowest BCUT2D eigenvalue weighted by Gasteiger charge is -2.11. The monoisotopic (exact) mass is 380 g/mol. The summed E-state index contributed by atoms with van der Waals surface area (Å²) in [5.41, 5.74) is 2.91. The van der Waals surface area contributed by atoms with Gasteiger partial charge in [-0.05, 0) is 57.9 Å². The Kier molecular flexibility index (Phi) is 4.34. The van der Waals surface area contributed by atoms with Gasteiger partial charge in [0.1, 0.15) is 0 Å². The first-order valence-corrected chi connectivity index (χ1v) is 7.91. The summed E-state index contributed by atoms with van der Waals surface area (Å²) in [5, 5.41) is 5.77. The molecule has 0 atom stereocenters. The van der Waals surface area contributed by atoms with Crippen molar-refractivity contribution in [1.29, 1.82) is 0 Å². The van der Waals surface area contributed by atoms with E-state index in [0.717, 1.165) is 26.6 Å². The van der Waals surface area contributed by atoms with E-state index in [4.69, 9.17) is 23.2 Å². The lowest BCUT2D eigenvalue weighted by atomic mass is 10.1. The first-order valence-electron chi connectivity index (χ1n) is 6.36. The maximum atomic E-state index is 6.17. The largest absolute Gasteiger partial charge is 0.380 e. The van der Waals surface area contributed by atoms with E-state index in [-0.39, 0.29) is 0 Å². The number of pyridine rings is 1. The maximum Gasteiger partial charge on any atom is 0.0908 e. The Hall–Kier alpha value is -1.29. The average molecular weight is 382 g/mol. The summed E-state index contributed by atoms with van der Waals surface area (Å²) in [7, 11) is 0. The number of nitrogens with zero attached hydrogens (tertiary/aromatic N) is 1. The molecule has 0 radical (unpaired) electrons.